The van der Waals surface area contributed by atoms with E-state index in [4.69, 9.17) is 9.47 Å². The number of methoxy groups -OCH3 is 2. The molecule has 0 unspecified atom stereocenters. The fourth-order valence-electron chi connectivity index (χ4n) is 4.00. The van der Waals surface area contributed by atoms with Crippen molar-refractivity contribution >= 4 is 17.4 Å². The van der Waals surface area contributed by atoms with E-state index in [0.717, 1.165) is 25.9 Å². The number of likely N-dealkylation sites (tertiary alicyclic amines) is 1. The van der Waals surface area contributed by atoms with Crippen molar-refractivity contribution in [1.82, 2.24) is 14.7 Å². The molecule has 2 amide bonds. The highest BCUT2D eigenvalue weighted by Crippen LogP contribution is 2.37. The second-order valence-electron chi connectivity index (χ2n) is 7.45. The van der Waals surface area contributed by atoms with Gasteiger partial charge in [0.25, 0.3) is 11.8 Å². The highest BCUT2D eigenvalue weighted by molar-refractivity contribution is 6.35. The van der Waals surface area contributed by atoms with E-state index >= 15 is 0 Å². The van der Waals surface area contributed by atoms with Crippen LogP contribution in [0.25, 0.3) is 5.57 Å². The molecule has 0 N–H and O–H groups in total. The van der Waals surface area contributed by atoms with Gasteiger partial charge in [-0.2, -0.15) is 0 Å². The van der Waals surface area contributed by atoms with Crippen molar-refractivity contribution in [3.05, 3.63) is 42.1 Å². The predicted octanol–water partition coefficient (Wildman–Crippen LogP) is 2.00. The molecule has 0 radical (unpaired) electrons. The van der Waals surface area contributed by atoms with E-state index in [9.17, 15) is 9.59 Å². The minimum atomic E-state index is -0.308. The molecule has 1 fully saturated rings. The summed E-state index contributed by atoms with van der Waals surface area (Å²) in [7, 11) is 7.12. The second kappa shape index (κ2) is 8.69. The molecular weight excluding hydrogens is 370 g/mol. The lowest BCUT2D eigenvalue weighted by atomic mass is 10.00. The highest BCUT2D eigenvalue weighted by atomic mass is 16.5. The number of carbonyl (C=O) groups is 2. The Kier molecular flexibility index (Phi) is 6.27. The van der Waals surface area contributed by atoms with Crippen LogP contribution in [0.5, 0.6) is 11.5 Å². The first-order valence-electron chi connectivity index (χ1n) is 9.78. The van der Waals surface area contributed by atoms with Crippen LogP contribution in [0.3, 0.4) is 0 Å². The van der Waals surface area contributed by atoms with Crippen molar-refractivity contribution in [3.63, 3.8) is 0 Å². The van der Waals surface area contributed by atoms with Crippen LogP contribution in [0.4, 0.5) is 0 Å². The maximum absolute atomic E-state index is 13.2. The number of nitrogens with zero attached hydrogens (tertiary/aromatic N) is 3. The predicted molar refractivity (Wildman–Crippen MR) is 112 cm³/mol. The van der Waals surface area contributed by atoms with Gasteiger partial charge in [0.05, 0.1) is 19.8 Å². The van der Waals surface area contributed by atoms with E-state index < -0.39 is 0 Å². The molecule has 0 aromatic heterocycles. The number of hydrogen-bond donors (Lipinski definition) is 0. The van der Waals surface area contributed by atoms with Gasteiger partial charge in [-0.05, 0) is 50.7 Å². The van der Waals surface area contributed by atoms with E-state index in [1.54, 1.807) is 38.5 Å². The molecule has 1 aromatic carbocycles. The summed E-state index contributed by atoms with van der Waals surface area (Å²) >= 11 is 0. The summed E-state index contributed by atoms with van der Waals surface area (Å²) < 4.78 is 10.7. The lowest BCUT2D eigenvalue weighted by Gasteiger charge is -2.36. The van der Waals surface area contributed by atoms with Gasteiger partial charge < -0.3 is 19.3 Å². The summed E-state index contributed by atoms with van der Waals surface area (Å²) in [6.45, 7) is 5.80. The molecule has 0 aliphatic carbocycles. The van der Waals surface area contributed by atoms with Crippen LogP contribution in [0, 0.1) is 0 Å². The van der Waals surface area contributed by atoms with Gasteiger partial charge in [-0.1, -0.05) is 12.1 Å². The standard InChI is InChI=1S/C22H29N3O4/c1-6-11-25-21(26)19(15-7-8-17(28-4)18(14-15)29-5)20(22(25)27)24(3)16-9-12-23(2)13-10-16/h6-8,14,16H,1,9-13H2,2-5H3. The lowest BCUT2D eigenvalue weighted by Crippen LogP contribution is -2.43. The molecular formula is C22H29N3O4. The number of rotatable bonds is 7. The topological polar surface area (TPSA) is 62.3 Å². The van der Waals surface area contributed by atoms with Gasteiger partial charge in [-0.3, -0.25) is 14.5 Å². The molecule has 0 atom stereocenters. The molecule has 1 aromatic rings. The van der Waals surface area contributed by atoms with Gasteiger partial charge in [0.1, 0.15) is 5.70 Å². The molecule has 0 bridgehead atoms. The third kappa shape index (κ3) is 3.87. The first-order valence-corrected chi connectivity index (χ1v) is 9.78. The van der Waals surface area contributed by atoms with E-state index in [0.29, 0.717) is 28.3 Å². The lowest BCUT2D eigenvalue weighted by molar-refractivity contribution is -0.137. The Morgan fingerprint density at radius 1 is 1.14 bits per heavy atom. The van der Waals surface area contributed by atoms with Crippen LogP contribution in [-0.2, 0) is 9.59 Å². The summed E-state index contributed by atoms with van der Waals surface area (Å²) in [5.74, 6) is 0.501. The summed E-state index contributed by atoms with van der Waals surface area (Å²) in [6, 6.07) is 5.50. The molecule has 0 saturated carbocycles. The van der Waals surface area contributed by atoms with Crippen LogP contribution < -0.4 is 9.47 Å². The number of imide groups is 1. The average molecular weight is 399 g/mol. The number of likely N-dealkylation sites (N-methyl/N-ethyl adjacent to an activating group) is 1. The van der Waals surface area contributed by atoms with Crippen molar-refractivity contribution in [1.29, 1.82) is 0 Å². The third-order valence-corrected chi connectivity index (χ3v) is 5.72. The number of benzene rings is 1. The first-order chi connectivity index (χ1) is 13.9. The van der Waals surface area contributed by atoms with Crippen molar-refractivity contribution in [3.8, 4) is 11.5 Å². The maximum atomic E-state index is 13.2. The highest BCUT2D eigenvalue weighted by Gasteiger charge is 2.42. The summed E-state index contributed by atoms with van der Waals surface area (Å²) in [4.78, 5) is 31.9. The minimum Gasteiger partial charge on any atom is -0.493 e. The van der Waals surface area contributed by atoms with Crippen LogP contribution in [0.1, 0.15) is 18.4 Å². The minimum absolute atomic E-state index is 0.180. The number of hydrogen-bond acceptors (Lipinski definition) is 6. The Hall–Kier alpha value is -2.80. The fourth-order valence-corrected chi connectivity index (χ4v) is 4.00. The van der Waals surface area contributed by atoms with Gasteiger partial charge in [0.15, 0.2) is 11.5 Å². The van der Waals surface area contributed by atoms with Gasteiger partial charge >= 0.3 is 0 Å². The van der Waals surface area contributed by atoms with Gasteiger partial charge in [-0.15, -0.1) is 6.58 Å². The van der Waals surface area contributed by atoms with Crippen molar-refractivity contribution in [2.24, 2.45) is 0 Å². The molecule has 156 valence electrons. The Morgan fingerprint density at radius 2 is 1.79 bits per heavy atom. The molecule has 0 spiro atoms. The van der Waals surface area contributed by atoms with E-state index in [1.165, 1.54) is 4.90 Å². The molecule has 3 rings (SSSR count). The molecule has 29 heavy (non-hydrogen) atoms. The SMILES string of the molecule is C=CCN1C(=O)C(c2ccc(OC)c(OC)c2)=C(N(C)C2CCN(C)CC2)C1=O. The average Bonchev–Trinajstić information content (AvgIpc) is 2.98. The van der Waals surface area contributed by atoms with Gasteiger partial charge in [-0.25, -0.2) is 0 Å². The van der Waals surface area contributed by atoms with Crippen molar-refractivity contribution in [2.75, 3.05) is 47.9 Å². The summed E-state index contributed by atoms with van der Waals surface area (Å²) in [6.07, 6.45) is 3.46. The molecule has 1 saturated heterocycles. The van der Waals surface area contributed by atoms with Crippen molar-refractivity contribution < 1.29 is 19.1 Å². The number of ether oxygens (including phenoxy) is 2. The number of carbonyl (C=O) groups excluding carboxylic acids is 2. The number of piperidine rings is 1. The Bertz CT molecular complexity index is 840. The van der Waals surface area contributed by atoms with E-state index in [2.05, 4.69) is 18.5 Å². The fraction of sp³-hybridized carbons (Fsp3) is 0.455. The van der Waals surface area contributed by atoms with Gasteiger partial charge in [0.2, 0.25) is 0 Å². The molecule has 2 aliphatic rings. The summed E-state index contributed by atoms with van der Waals surface area (Å²) in [5.41, 5.74) is 1.49. The molecule has 2 heterocycles. The smallest absolute Gasteiger partial charge is 0.278 e. The Morgan fingerprint density at radius 3 is 2.38 bits per heavy atom. The van der Waals surface area contributed by atoms with Crippen molar-refractivity contribution in [2.45, 2.75) is 18.9 Å². The zero-order valence-electron chi connectivity index (χ0n) is 17.6. The second-order valence-corrected chi connectivity index (χ2v) is 7.45. The zero-order valence-corrected chi connectivity index (χ0v) is 17.6. The quantitative estimate of drug-likeness (QED) is 0.516. The Balaban J connectivity index is 2.07. The Labute approximate surface area is 172 Å². The zero-order chi connectivity index (χ0) is 21.1. The first kappa shape index (κ1) is 20.9. The normalized spacial score (nSPS) is 18.4. The van der Waals surface area contributed by atoms with Crippen LogP contribution in [-0.4, -0.2) is 80.5 Å². The number of amides is 2. The molecule has 7 nitrogen and oxygen atoms in total. The monoisotopic (exact) mass is 399 g/mol. The largest absolute Gasteiger partial charge is 0.493 e. The van der Waals surface area contributed by atoms with Crippen LogP contribution in [0.2, 0.25) is 0 Å². The summed E-state index contributed by atoms with van der Waals surface area (Å²) in [5, 5.41) is 0. The maximum Gasteiger partial charge on any atom is 0.278 e. The van der Waals surface area contributed by atoms with E-state index in [1.807, 2.05) is 11.9 Å². The van der Waals surface area contributed by atoms with Crippen LogP contribution in [0.15, 0.2) is 36.6 Å². The van der Waals surface area contributed by atoms with Crippen LogP contribution >= 0.6 is 0 Å². The molecule has 2 aliphatic heterocycles. The third-order valence-electron chi connectivity index (χ3n) is 5.72. The van der Waals surface area contributed by atoms with E-state index in [-0.39, 0.29) is 24.4 Å². The molecule has 7 heteroatoms. The van der Waals surface area contributed by atoms with Gasteiger partial charge in [0, 0.05) is 19.6 Å².